The molecule has 1 unspecified atom stereocenters. The SMILES string of the molecule is COC(=O)C1C(C)=NC2=C(C(=O)C[C@H](c3cccs3)C2)[C@H]1c1ccc(Cl)cc1. The van der Waals surface area contributed by atoms with Gasteiger partial charge in [0, 0.05) is 45.1 Å². The van der Waals surface area contributed by atoms with Crippen molar-refractivity contribution in [1.82, 2.24) is 0 Å². The highest BCUT2D eigenvalue weighted by molar-refractivity contribution is 7.10. The largest absolute Gasteiger partial charge is 0.468 e. The van der Waals surface area contributed by atoms with E-state index in [0.29, 0.717) is 29.1 Å². The summed E-state index contributed by atoms with van der Waals surface area (Å²) in [6, 6.07) is 11.4. The van der Waals surface area contributed by atoms with Crippen molar-refractivity contribution in [2.24, 2.45) is 10.9 Å². The van der Waals surface area contributed by atoms with Gasteiger partial charge in [0.05, 0.1) is 7.11 Å². The number of halogens is 1. The lowest BCUT2D eigenvalue weighted by molar-refractivity contribution is -0.143. The van der Waals surface area contributed by atoms with E-state index in [9.17, 15) is 9.59 Å². The first kappa shape index (κ1) is 19.1. The van der Waals surface area contributed by atoms with Crippen LogP contribution in [-0.4, -0.2) is 24.6 Å². The molecule has 28 heavy (non-hydrogen) atoms. The van der Waals surface area contributed by atoms with Crippen LogP contribution >= 0.6 is 22.9 Å². The molecule has 0 bridgehead atoms. The predicted molar refractivity (Wildman–Crippen MR) is 111 cm³/mol. The molecule has 0 fully saturated rings. The van der Waals surface area contributed by atoms with Crippen molar-refractivity contribution in [3.05, 3.63) is 68.5 Å². The monoisotopic (exact) mass is 413 g/mol. The molecule has 1 aliphatic heterocycles. The molecule has 6 heteroatoms. The predicted octanol–water partition coefficient (Wildman–Crippen LogP) is 5.15. The Kier molecular flexibility index (Phi) is 5.21. The molecule has 0 saturated heterocycles. The molecule has 4 rings (SSSR count). The van der Waals surface area contributed by atoms with Crippen molar-refractivity contribution in [3.8, 4) is 0 Å². The molecule has 2 aromatic rings. The molecule has 3 atom stereocenters. The van der Waals surface area contributed by atoms with Crippen LogP contribution in [0.4, 0.5) is 0 Å². The molecule has 0 radical (unpaired) electrons. The van der Waals surface area contributed by atoms with Crippen molar-refractivity contribution in [2.45, 2.75) is 31.6 Å². The van der Waals surface area contributed by atoms with E-state index in [4.69, 9.17) is 21.3 Å². The summed E-state index contributed by atoms with van der Waals surface area (Å²) in [5.41, 5.74) is 3.01. The standard InChI is InChI=1S/C22H20ClNO3S/c1-12-19(22(26)27-2)20(13-5-7-15(23)8-6-13)21-16(24-12)10-14(11-17(21)25)18-4-3-9-28-18/h3-9,14,19-20H,10-11H2,1-2H3/t14-,19?,20+/m1/s1. The minimum atomic E-state index is -0.604. The fourth-order valence-electron chi connectivity index (χ4n) is 4.25. The fraction of sp³-hybridized carbons (Fsp3) is 0.318. The smallest absolute Gasteiger partial charge is 0.315 e. The summed E-state index contributed by atoms with van der Waals surface area (Å²) in [6.07, 6.45) is 1.14. The molecule has 4 nitrogen and oxygen atoms in total. The number of hydrogen-bond acceptors (Lipinski definition) is 5. The number of Topliss-reactive ketones (excluding diaryl/α,β-unsaturated/α-hetero) is 1. The molecule has 2 heterocycles. The zero-order valence-corrected chi connectivity index (χ0v) is 17.2. The zero-order valence-electron chi connectivity index (χ0n) is 15.6. The molecule has 0 saturated carbocycles. The Hall–Kier alpha value is -2.24. The third-order valence-corrected chi connectivity index (χ3v) is 6.81. The fourth-order valence-corrected chi connectivity index (χ4v) is 5.20. The van der Waals surface area contributed by atoms with Crippen LogP contribution in [0.15, 0.2) is 58.0 Å². The Morgan fingerprint density at radius 1 is 1.21 bits per heavy atom. The van der Waals surface area contributed by atoms with Gasteiger partial charge in [0.1, 0.15) is 5.92 Å². The highest BCUT2D eigenvalue weighted by atomic mass is 35.5. The van der Waals surface area contributed by atoms with E-state index >= 15 is 0 Å². The van der Waals surface area contributed by atoms with Crippen molar-refractivity contribution in [1.29, 1.82) is 0 Å². The minimum Gasteiger partial charge on any atom is -0.468 e. The maximum absolute atomic E-state index is 13.2. The van der Waals surface area contributed by atoms with Crippen LogP contribution in [0.1, 0.15) is 42.0 Å². The van der Waals surface area contributed by atoms with Crippen LogP contribution in [0.2, 0.25) is 5.02 Å². The number of nitrogens with zero attached hydrogens (tertiary/aromatic N) is 1. The van der Waals surface area contributed by atoms with Gasteiger partial charge in [-0.1, -0.05) is 29.8 Å². The summed E-state index contributed by atoms with van der Waals surface area (Å²) in [4.78, 5) is 31.8. The van der Waals surface area contributed by atoms with E-state index in [2.05, 4.69) is 6.07 Å². The van der Waals surface area contributed by atoms with E-state index in [0.717, 1.165) is 11.3 Å². The lowest BCUT2D eigenvalue weighted by Gasteiger charge is -2.36. The van der Waals surface area contributed by atoms with Gasteiger partial charge < -0.3 is 4.74 Å². The second-order valence-electron chi connectivity index (χ2n) is 7.19. The highest BCUT2D eigenvalue weighted by Crippen LogP contribution is 2.47. The first-order valence-electron chi connectivity index (χ1n) is 9.17. The number of ether oxygens (including phenoxy) is 1. The number of benzene rings is 1. The van der Waals surface area contributed by atoms with Crippen molar-refractivity contribution in [3.63, 3.8) is 0 Å². The minimum absolute atomic E-state index is 0.0600. The Labute approximate surface area is 172 Å². The van der Waals surface area contributed by atoms with Gasteiger partial charge in [0.2, 0.25) is 0 Å². The van der Waals surface area contributed by atoms with Gasteiger partial charge in [0.25, 0.3) is 0 Å². The van der Waals surface area contributed by atoms with Gasteiger partial charge >= 0.3 is 5.97 Å². The van der Waals surface area contributed by atoms with Crippen LogP contribution in [0.5, 0.6) is 0 Å². The Balaban J connectivity index is 1.82. The molecule has 144 valence electrons. The maximum atomic E-state index is 13.2. The molecule has 0 spiro atoms. The van der Waals surface area contributed by atoms with E-state index < -0.39 is 11.8 Å². The van der Waals surface area contributed by atoms with Gasteiger partial charge in [-0.15, -0.1) is 11.3 Å². The molecular weight excluding hydrogens is 394 g/mol. The third kappa shape index (κ3) is 3.33. The second kappa shape index (κ2) is 7.64. The van der Waals surface area contributed by atoms with Gasteiger partial charge in [0.15, 0.2) is 5.78 Å². The third-order valence-electron chi connectivity index (χ3n) is 5.52. The quantitative estimate of drug-likeness (QED) is 0.654. The molecule has 1 aromatic heterocycles. The number of thiophene rings is 1. The van der Waals surface area contributed by atoms with Crippen LogP contribution in [-0.2, 0) is 14.3 Å². The summed E-state index contributed by atoms with van der Waals surface area (Å²) >= 11 is 7.72. The van der Waals surface area contributed by atoms with E-state index in [1.165, 1.54) is 12.0 Å². The first-order chi connectivity index (χ1) is 13.5. The van der Waals surface area contributed by atoms with Crippen molar-refractivity contribution in [2.75, 3.05) is 7.11 Å². The number of ketones is 1. The van der Waals surface area contributed by atoms with E-state index in [1.54, 1.807) is 23.5 Å². The number of carbonyl (C=O) groups is 2. The van der Waals surface area contributed by atoms with Gasteiger partial charge in [-0.2, -0.15) is 0 Å². The van der Waals surface area contributed by atoms with Gasteiger partial charge in [-0.05, 0) is 42.5 Å². The average molecular weight is 414 g/mol. The van der Waals surface area contributed by atoms with Gasteiger partial charge in [-0.25, -0.2) is 0 Å². The molecule has 1 aliphatic carbocycles. The molecule has 1 aromatic carbocycles. The summed E-state index contributed by atoms with van der Waals surface area (Å²) < 4.78 is 5.05. The van der Waals surface area contributed by atoms with E-state index in [-0.39, 0.29) is 17.7 Å². The summed E-state index contributed by atoms with van der Waals surface area (Å²) in [7, 11) is 1.37. The number of carbonyl (C=O) groups excluding carboxylic acids is 2. The molecular formula is C22H20ClNO3S. The van der Waals surface area contributed by atoms with Crippen LogP contribution in [0.3, 0.4) is 0 Å². The van der Waals surface area contributed by atoms with Gasteiger partial charge in [-0.3, -0.25) is 14.6 Å². The lowest BCUT2D eigenvalue weighted by Crippen LogP contribution is -2.37. The molecule has 0 amide bonds. The van der Waals surface area contributed by atoms with Crippen molar-refractivity contribution < 1.29 is 14.3 Å². The normalized spacial score (nSPS) is 24.6. The Morgan fingerprint density at radius 3 is 2.61 bits per heavy atom. The topological polar surface area (TPSA) is 55.7 Å². The van der Waals surface area contributed by atoms with Crippen molar-refractivity contribution >= 4 is 40.4 Å². The van der Waals surface area contributed by atoms with E-state index in [1.807, 2.05) is 30.5 Å². The Bertz CT molecular complexity index is 976. The number of hydrogen-bond donors (Lipinski definition) is 0. The maximum Gasteiger partial charge on any atom is 0.315 e. The molecule has 0 N–H and O–H groups in total. The second-order valence-corrected chi connectivity index (χ2v) is 8.60. The summed E-state index contributed by atoms with van der Waals surface area (Å²) in [5, 5.41) is 2.64. The van der Waals surface area contributed by atoms with Crippen LogP contribution in [0, 0.1) is 5.92 Å². The first-order valence-corrected chi connectivity index (χ1v) is 10.4. The Morgan fingerprint density at radius 2 is 1.96 bits per heavy atom. The number of esters is 1. The number of rotatable bonds is 3. The zero-order chi connectivity index (χ0) is 19.8. The number of methoxy groups -OCH3 is 1. The summed E-state index contributed by atoms with van der Waals surface area (Å²) in [6.45, 7) is 1.84. The number of allylic oxidation sites excluding steroid dienone is 2. The average Bonchev–Trinajstić information content (AvgIpc) is 3.21. The molecule has 2 aliphatic rings. The summed E-state index contributed by atoms with van der Waals surface area (Å²) in [5.74, 6) is -1.17. The highest BCUT2D eigenvalue weighted by Gasteiger charge is 2.44. The lowest BCUT2D eigenvalue weighted by atomic mass is 9.70. The van der Waals surface area contributed by atoms with Crippen LogP contribution < -0.4 is 0 Å². The number of aliphatic imine (C=N–C) groups is 1. The van der Waals surface area contributed by atoms with Crippen LogP contribution in [0.25, 0.3) is 0 Å².